The summed E-state index contributed by atoms with van der Waals surface area (Å²) in [5, 5.41) is 7.21. The number of benzene rings is 9. The number of rotatable bonds is 6. The van der Waals surface area contributed by atoms with Gasteiger partial charge in [-0.25, -0.2) is 9.97 Å². The molecule has 0 saturated heterocycles. The van der Waals surface area contributed by atoms with Crippen LogP contribution in [0.25, 0.3) is 116 Å². The van der Waals surface area contributed by atoms with E-state index in [2.05, 4.69) is 226 Å². The van der Waals surface area contributed by atoms with Gasteiger partial charge < -0.3 is 13.7 Å². The highest BCUT2D eigenvalue weighted by Crippen LogP contribution is 2.45. The van der Waals surface area contributed by atoms with Crippen molar-refractivity contribution in [2.75, 3.05) is 0 Å². The van der Waals surface area contributed by atoms with E-state index in [1.54, 1.807) is 0 Å². The summed E-state index contributed by atoms with van der Waals surface area (Å²) in [4.78, 5) is 10.7. The molecule has 0 atom stereocenters. The molecule has 0 radical (unpaired) electrons. The SMILES string of the molecule is c1ccc(-c2cc(-c3cc(-n4c5ccccc5c5c4ccc4c6ccccc6n(-c6ccccc6)c45)cc4c5ccccc5n(-c5ccccc5)c34)nc(-c3ccccc3)n2)cc1. The molecule has 0 fully saturated rings. The highest BCUT2D eigenvalue weighted by Gasteiger charge is 2.24. The molecule has 4 aromatic heterocycles. The van der Waals surface area contributed by atoms with Crippen molar-refractivity contribution >= 4 is 65.4 Å². The first-order valence-corrected chi connectivity index (χ1v) is 21.4. The van der Waals surface area contributed by atoms with Crippen LogP contribution in [0.5, 0.6) is 0 Å². The first-order chi connectivity index (χ1) is 31.3. The second-order valence-electron chi connectivity index (χ2n) is 16.2. The molecule has 0 N–H and O–H groups in total. The van der Waals surface area contributed by atoms with Gasteiger partial charge in [0.25, 0.3) is 0 Å². The van der Waals surface area contributed by atoms with Crippen molar-refractivity contribution in [3.8, 4) is 51.0 Å². The summed E-state index contributed by atoms with van der Waals surface area (Å²) in [7, 11) is 0. The molecule has 63 heavy (non-hydrogen) atoms. The second-order valence-corrected chi connectivity index (χ2v) is 16.2. The Kier molecular flexibility index (Phi) is 7.84. The number of para-hydroxylation sites is 5. The van der Waals surface area contributed by atoms with E-state index < -0.39 is 0 Å². The average Bonchev–Trinajstić information content (AvgIpc) is 4.00. The van der Waals surface area contributed by atoms with E-state index in [4.69, 9.17) is 9.97 Å². The zero-order valence-corrected chi connectivity index (χ0v) is 34.1. The molecule has 4 heterocycles. The molecule has 294 valence electrons. The fourth-order valence-corrected chi connectivity index (χ4v) is 9.94. The van der Waals surface area contributed by atoms with Crippen molar-refractivity contribution < 1.29 is 0 Å². The van der Waals surface area contributed by atoms with Crippen molar-refractivity contribution in [1.29, 1.82) is 0 Å². The minimum Gasteiger partial charge on any atom is -0.309 e. The third kappa shape index (κ3) is 5.43. The molecule has 0 amide bonds. The summed E-state index contributed by atoms with van der Waals surface area (Å²) in [6, 6.07) is 80.2. The predicted octanol–water partition coefficient (Wildman–Crippen LogP) is 14.8. The van der Waals surface area contributed by atoms with E-state index in [-0.39, 0.29) is 0 Å². The minimum absolute atomic E-state index is 0.681. The van der Waals surface area contributed by atoms with Crippen molar-refractivity contribution in [1.82, 2.24) is 23.7 Å². The average molecular weight is 804 g/mol. The maximum absolute atomic E-state index is 5.47. The first kappa shape index (κ1) is 35.2. The number of hydrogen-bond acceptors (Lipinski definition) is 2. The van der Waals surface area contributed by atoms with E-state index >= 15 is 0 Å². The fourth-order valence-electron chi connectivity index (χ4n) is 9.94. The lowest BCUT2D eigenvalue weighted by molar-refractivity contribution is 1.15. The molecular weight excluding hydrogens is 767 g/mol. The summed E-state index contributed by atoms with van der Waals surface area (Å²) in [6.07, 6.45) is 0. The van der Waals surface area contributed by atoms with Crippen LogP contribution in [-0.2, 0) is 0 Å². The van der Waals surface area contributed by atoms with Gasteiger partial charge >= 0.3 is 0 Å². The van der Waals surface area contributed by atoms with Gasteiger partial charge in [0.15, 0.2) is 5.82 Å². The molecular formula is C58H37N5. The molecule has 0 bridgehead atoms. The van der Waals surface area contributed by atoms with Crippen LogP contribution in [0.15, 0.2) is 224 Å². The van der Waals surface area contributed by atoms with Crippen LogP contribution in [0.4, 0.5) is 0 Å². The molecule has 0 unspecified atom stereocenters. The van der Waals surface area contributed by atoms with Crippen molar-refractivity contribution in [3.63, 3.8) is 0 Å². The molecule has 9 aromatic carbocycles. The van der Waals surface area contributed by atoms with Crippen LogP contribution in [0, 0.1) is 0 Å². The first-order valence-electron chi connectivity index (χ1n) is 21.4. The Bertz CT molecular complexity index is 3820. The summed E-state index contributed by atoms with van der Waals surface area (Å²) in [5.74, 6) is 0.681. The van der Waals surface area contributed by atoms with Gasteiger partial charge in [0, 0.05) is 66.1 Å². The lowest BCUT2D eigenvalue weighted by Crippen LogP contribution is -2.01. The Morgan fingerprint density at radius 1 is 0.286 bits per heavy atom. The summed E-state index contributed by atoms with van der Waals surface area (Å²) in [6.45, 7) is 0. The monoisotopic (exact) mass is 803 g/mol. The molecule has 0 aliphatic carbocycles. The van der Waals surface area contributed by atoms with E-state index in [0.717, 1.165) is 72.6 Å². The molecule has 5 heteroatoms. The smallest absolute Gasteiger partial charge is 0.160 e. The minimum atomic E-state index is 0.681. The van der Waals surface area contributed by atoms with E-state index in [1.807, 2.05) is 12.1 Å². The molecule has 5 nitrogen and oxygen atoms in total. The predicted molar refractivity (Wildman–Crippen MR) is 261 cm³/mol. The second kappa shape index (κ2) is 14.0. The Morgan fingerprint density at radius 2 is 0.778 bits per heavy atom. The van der Waals surface area contributed by atoms with Gasteiger partial charge in [-0.3, -0.25) is 0 Å². The topological polar surface area (TPSA) is 40.6 Å². The highest BCUT2D eigenvalue weighted by atomic mass is 15.0. The Hall–Kier alpha value is -8.54. The number of aromatic nitrogens is 5. The van der Waals surface area contributed by atoms with Crippen molar-refractivity contribution in [2.24, 2.45) is 0 Å². The summed E-state index contributed by atoms with van der Waals surface area (Å²) in [5.41, 5.74) is 14.9. The normalized spacial score (nSPS) is 11.8. The van der Waals surface area contributed by atoms with Crippen LogP contribution in [0.2, 0.25) is 0 Å². The molecule has 13 rings (SSSR count). The molecule has 0 aliphatic rings. The zero-order valence-electron chi connectivity index (χ0n) is 34.1. The number of hydrogen-bond donors (Lipinski definition) is 0. The Labute approximate surface area is 363 Å². The van der Waals surface area contributed by atoms with Gasteiger partial charge in [0.1, 0.15) is 0 Å². The van der Waals surface area contributed by atoms with Gasteiger partial charge in [-0.05, 0) is 66.7 Å². The maximum atomic E-state index is 5.47. The van der Waals surface area contributed by atoms with Gasteiger partial charge in [-0.1, -0.05) is 158 Å². The van der Waals surface area contributed by atoms with E-state index in [9.17, 15) is 0 Å². The van der Waals surface area contributed by atoms with Crippen molar-refractivity contribution in [3.05, 3.63) is 224 Å². The molecule has 0 aliphatic heterocycles. The number of nitrogens with zero attached hydrogens (tertiary/aromatic N) is 5. The van der Waals surface area contributed by atoms with Crippen LogP contribution >= 0.6 is 0 Å². The largest absolute Gasteiger partial charge is 0.309 e. The van der Waals surface area contributed by atoms with Crippen molar-refractivity contribution in [2.45, 2.75) is 0 Å². The van der Waals surface area contributed by atoms with Crippen LogP contribution in [0.1, 0.15) is 0 Å². The zero-order chi connectivity index (χ0) is 41.4. The van der Waals surface area contributed by atoms with Gasteiger partial charge in [-0.2, -0.15) is 0 Å². The highest BCUT2D eigenvalue weighted by molar-refractivity contribution is 6.26. The third-order valence-electron chi connectivity index (χ3n) is 12.6. The Balaban J connectivity index is 1.19. The fraction of sp³-hybridized carbons (Fsp3) is 0. The van der Waals surface area contributed by atoms with Crippen LogP contribution in [0.3, 0.4) is 0 Å². The third-order valence-corrected chi connectivity index (χ3v) is 12.6. The summed E-state index contributed by atoms with van der Waals surface area (Å²) < 4.78 is 7.32. The molecule has 0 spiro atoms. The lowest BCUT2D eigenvalue weighted by Gasteiger charge is -2.16. The lowest BCUT2D eigenvalue weighted by atomic mass is 10.0. The van der Waals surface area contributed by atoms with Crippen LogP contribution < -0.4 is 0 Å². The standard InChI is InChI=1S/C58H37N5/c1-5-19-38(20-6-1)49-37-50(60-58(59-49)39-21-7-2-8-22-39)48-36-42(35-47-44-28-14-17-31-52(44)62(56(47)48)40-23-9-3-10-24-40)61-53-32-18-15-29-46(53)55-54(61)34-33-45-43-27-13-16-30-51(43)63(57(45)55)41-25-11-4-12-26-41/h1-37H. The van der Waals surface area contributed by atoms with Crippen LogP contribution in [-0.4, -0.2) is 23.7 Å². The molecule has 13 aromatic rings. The van der Waals surface area contributed by atoms with Gasteiger partial charge in [-0.15, -0.1) is 0 Å². The summed E-state index contributed by atoms with van der Waals surface area (Å²) >= 11 is 0. The number of fused-ring (bicyclic) bond motifs is 10. The maximum Gasteiger partial charge on any atom is 0.160 e. The quantitative estimate of drug-likeness (QED) is 0.168. The van der Waals surface area contributed by atoms with E-state index in [1.165, 1.54) is 38.0 Å². The molecule has 0 saturated carbocycles. The Morgan fingerprint density at radius 3 is 1.41 bits per heavy atom. The van der Waals surface area contributed by atoms with E-state index in [0.29, 0.717) is 5.82 Å². The van der Waals surface area contributed by atoms with Gasteiger partial charge in [0.2, 0.25) is 0 Å². The van der Waals surface area contributed by atoms with Gasteiger partial charge in [0.05, 0.1) is 44.5 Å².